The molecule has 2 N–H and O–H groups in total. The second-order valence-electron chi connectivity index (χ2n) is 4.59. The molecule has 7 nitrogen and oxygen atoms in total. The van der Waals surface area contributed by atoms with E-state index in [0.29, 0.717) is 24.7 Å². The average molecular weight is 278 g/mol. The van der Waals surface area contributed by atoms with Gasteiger partial charge in [0.15, 0.2) is 5.65 Å². The highest BCUT2D eigenvalue weighted by molar-refractivity contribution is 5.85. The van der Waals surface area contributed by atoms with E-state index in [-0.39, 0.29) is 17.8 Å². The summed E-state index contributed by atoms with van der Waals surface area (Å²) in [5.41, 5.74) is 0.551. The van der Waals surface area contributed by atoms with Crippen LogP contribution in [0.25, 0.3) is 5.65 Å². The lowest BCUT2D eigenvalue weighted by molar-refractivity contribution is -0.122. The van der Waals surface area contributed by atoms with E-state index < -0.39 is 0 Å². The largest absolute Gasteiger partial charge is 0.357 e. The van der Waals surface area contributed by atoms with Gasteiger partial charge in [0.2, 0.25) is 11.9 Å². The Balaban J connectivity index is 1.97. The maximum atomic E-state index is 13.2. The van der Waals surface area contributed by atoms with Crippen LogP contribution >= 0.6 is 0 Å². The van der Waals surface area contributed by atoms with Gasteiger partial charge in [0.1, 0.15) is 11.9 Å². The zero-order chi connectivity index (χ0) is 14.1. The molecular formula is C12H15FN6O. The maximum Gasteiger partial charge on any atom is 0.246 e. The van der Waals surface area contributed by atoms with Crippen molar-refractivity contribution in [3.63, 3.8) is 0 Å². The zero-order valence-corrected chi connectivity index (χ0v) is 11.0. The zero-order valence-electron chi connectivity index (χ0n) is 11.0. The number of likely N-dealkylation sites (N-methyl/N-ethyl adjacent to an activating group) is 1. The highest BCUT2D eigenvalue weighted by Gasteiger charge is 2.30. The van der Waals surface area contributed by atoms with E-state index in [4.69, 9.17) is 0 Å². The van der Waals surface area contributed by atoms with Crippen LogP contribution in [-0.2, 0) is 4.79 Å². The summed E-state index contributed by atoms with van der Waals surface area (Å²) in [7, 11) is 1.60. The molecule has 0 aromatic carbocycles. The van der Waals surface area contributed by atoms with E-state index in [1.165, 1.54) is 16.8 Å². The summed E-state index contributed by atoms with van der Waals surface area (Å²) in [6.45, 7) is 1.90. The molecule has 1 atom stereocenters. The Morgan fingerprint density at radius 2 is 2.40 bits per heavy atom. The molecule has 0 radical (unpaired) electrons. The van der Waals surface area contributed by atoms with Crippen molar-refractivity contribution in [3.05, 3.63) is 24.1 Å². The molecule has 1 fully saturated rings. The Hall–Kier alpha value is -2.22. The number of fused-ring (bicyclic) bond motifs is 1. The summed E-state index contributed by atoms with van der Waals surface area (Å²) in [6.07, 6.45) is 1.27. The van der Waals surface area contributed by atoms with Crippen molar-refractivity contribution >= 4 is 17.5 Å². The highest BCUT2D eigenvalue weighted by Crippen LogP contribution is 2.15. The number of carbonyl (C=O) groups excluding carboxylic acids is 1. The van der Waals surface area contributed by atoms with Gasteiger partial charge in [-0.15, -0.1) is 5.10 Å². The second-order valence-corrected chi connectivity index (χ2v) is 4.59. The van der Waals surface area contributed by atoms with Gasteiger partial charge in [-0.05, 0) is 12.1 Å². The fraction of sp³-hybridized carbons (Fsp3) is 0.417. The van der Waals surface area contributed by atoms with Gasteiger partial charge in [-0.3, -0.25) is 4.79 Å². The number of nitrogens with one attached hydrogen (secondary N) is 2. The number of carbonyl (C=O) groups is 1. The van der Waals surface area contributed by atoms with E-state index in [9.17, 15) is 9.18 Å². The summed E-state index contributed by atoms with van der Waals surface area (Å²) in [5, 5.41) is 10.1. The lowest BCUT2D eigenvalue weighted by Crippen LogP contribution is -2.58. The van der Waals surface area contributed by atoms with Gasteiger partial charge in [-0.25, -0.2) is 8.91 Å². The number of piperazine rings is 1. The molecule has 1 unspecified atom stereocenters. The number of halogens is 1. The van der Waals surface area contributed by atoms with Gasteiger partial charge in [-0.2, -0.15) is 4.98 Å². The molecule has 1 amide bonds. The fourth-order valence-corrected chi connectivity index (χ4v) is 2.31. The first kappa shape index (κ1) is 12.8. The Labute approximate surface area is 114 Å². The minimum Gasteiger partial charge on any atom is -0.357 e. The average Bonchev–Trinajstić information content (AvgIpc) is 2.89. The van der Waals surface area contributed by atoms with Crippen LogP contribution in [0.2, 0.25) is 0 Å². The number of hydrogen-bond acceptors (Lipinski definition) is 5. The summed E-state index contributed by atoms with van der Waals surface area (Å²) in [6, 6.07) is 2.53. The third kappa shape index (κ3) is 2.18. The van der Waals surface area contributed by atoms with E-state index in [1.807, 2.05) is 4.90 Å². The van der Waals surface area contributed by atoms with Crippen molar-refractivity contribution in [2.45, 2.75) is 6.04 Å². The summed E-state index contributed by atoms with van der Waals surface area (Å²) >= 11 is 0. The van der Waals surface area contributed by atoms with Crippen molar-refractivity contribution in [1.29, 1.82) is 0 Å². The maximum absolute atomic E-state index is 13.2. The van der Waals surface area contributed by atoms with Crippen molar-refractivity contribution in [3.8, 4) is 0 Å². The van der Waals surface area contributed by atoms with Crippen molar-refractivity contribution in [2.24, 2.45) is 0 Å². The number of amides is 1. The molecule has 0 saturated carbocycles. The molecule has 8 heteroatoms. The SMILES string of the molecule is CNC(=O)C1CNCCN1c1nc2ccc(F)cn2n1. The molecule has 1 saturated heterocycles. The number of rotatable bonds is 2. The third-order valence-corrected chi connectivity index (χ3v) is 3.33. The lowest BCUT2D eigenvalue weighted by Gasteiger charge is -2.33. The predicted molar refractivity (Wildman–Crippen MR) is 71.0 cm³/mol. The van der Waals surface area contributed by atoms with Crippen molar-refractivity contribution in [2.75, 3.05) is 31.6 Å². The van der Waals surface area contributed by atoms with Crippen LogP contribution in [-0.4, -0.2) is 53.2 Å². The van der Waals surface area contributed by atoms with Gasteiger partial charge >= 0.3 is 0 Å². The summed E-state index contributed by atoms with van der Waals surface area (Å²) < 4.78 is 14.6. The molecule has 0 aliphatic carbocycles. The molecule has 1 aliphatic rings. The van der Waals surface area contributed by atoms with Gasteiger partial charge in [0.05, 0.1) is 6.20 Å². The van der Waals surface area contributed by atoms with Gasteiger partial charge in [0, 0.05) is 26.7 Å². The van der Waals surface area contributed by atoms with Crippen LogP contribution in [0.4, 0.5) is 10.3 Å². The predicted octanol–water partition coefficient (Wildman–Crippen LogP) is -0.607. The molecular weight excluding hydrogens is 263 g/mol. The van der Waals surface area contributed by atoms with Crippen LogP contribution in [0.1, 0.15) is 0 Å². The second kappa shape index (κ2) is 5.04. The van der Waals surface area contributed by atoms with E-state index in [0.717, 1.165) is 6.54 Å². The minimum atomic E-state index is -0.378. The molecule has 0 bridgehead atoms. The van der Waals surface area contributed by atoms with Crippen LogP contribution < -0.4 is 15.5 Å². The van der Waals surface area contributed by atoms with Gasteiger partial charge < -0.3 is 15.5 Å². The number of aromatic nitrogens is 3. The quantitative estimate of drug-likeness (QED) is 0.767. The molecule has 2 aromatic heterocycles. The van der Waals surface area contributed by atoms with Crippen LogP contribution in [0, 0.1) is 5.82 Å². The smallest absolute Gasteiger partial charge is 0.246 e. The minimum absolute atomic E-state index is 0.0952. The van der Waals surface area contributed by atoms with E-state index in [2.05, 4.69) is 20.7 Å². The molecule has 1 aliphatic heterocycles. The first-order valence-electron chi connectivity index (χ1n) is 6.40. The Bertz CT molecular complexity index is 642. The van der Waals surface area contributed by atoms with Crippen LogP contribution in [0.3, 0.4) is 0 Å². The highest BCUT2D eigenvalue weighted by atomic mass is 19.1. The number of anilines is 1. The van der Waals surface area contributed by atoms with Gasteiger partial charge in [0.25, 0.3) is 0 Å². The molecule has 106 valence electrons. The third-order valence-electron chi connectivity index (χ3n) is 3.33. The molecule has 3 heterocycles. The normalized spacial score (nSPS) is 19.3. The summed E-state index contributed by atoms with van der Waals surface area (Å²) in [5.74, 6) is -0.0370. The lowest BCUT2D eigenvalue weighted by atomic mass is 10.2. The first-order valence-corrected chi connectivity index (χ1v) is 6.40. The van der Waals surface area contributed by atoms with Crippen molar-refractivity contribution < 1.29 is 9.18 Å². The van der Waals surface area contributed by atoms with Gasteiger partial charge in [-0.1, -0.05) is 0 Å². The molecule has 2 aromatic rings. The van der Waals surface area contributed by atoms with Crippen LogP contribution in [0.15, 0.2) is 18.3 Å². The molecule has 0 spiro atoms. The Morgan fingerprint density at radius 1 is 1.55 bits per heavy atom. The Kier molecular flexibility index (Phi) is 3.23. The molecule has 3 rings (SSSR count). The van der Waals surface area contributed by atoms with E-state index in [1.54, 1.807) is 13.1 Å². The van der Waals surface area contributed by atoms with Crippen molar-refractivity contribution in [1.82, 2.24) is 25.2 Å². The van der Waals surface area contributed by atoms with E-state index >= 15 is 0 Å². The standard InChI is InChI=1S/C12H15FN6O/c1-14-11(20)9-6-15-4-5-18(9)12-16-10-3-2-8(13)7-19(10)17-12/h2-3,7,9,15H,4-6H2,1H3,(H,14,20). The first-order chi connectivity index (χ1) is 9.69. The number of nitrogens with zero attached hydrogens (tertiary/aromatic N) is 4. The fourth-order valence-electron chi connectivity index (χ4n) is 2.31. The summed E-state index contributed by atoms with van der Waals surface area (Å²) in [4.78, 5) is 18.1. The Morgan fingerprint density at radius 3 is 3.20 bits per heavy atom. The number of pyridine rings is 1. The number of hydrogen-bond donors (Lipinski definition) is 2. The topological polar surface area (TPSA) is 74.6 Å². The molecule has 20 heavy (non-hydrogen) atoms. The van der Waals surface area contributed by atoms with Crippen LogP contribution in [0.5, 0.6) is 0 Å². The monoisotopic (exact) mass is 278 g/mol.